The van der Waals surface area contributed by atoms with Crippen LogP contribution in [0.2, 0.25) is 0 Å². The Morgan fingerprint density at radius 1 is 1.74 bits per heavy atom. The summed E-state index contributed by atoms with van der Waals surface area (Å²) in [7, 11) is 0. The average Bonchev–Trinajstić information content (AvgIpc) is 2.38. The van der Waals surface area contributed by atoms with Crippen LogP contribution in [0.3, 0.4) is 0 Å². The minimum absolute atomic E-state index is 0.0361. The van der Waals surface area contributed by atoms with Gasteiger partial charge in [-0.1, -0.05) is 13.3 Å². The molecule has 0 saturated heterocycles. The Hall–Kier alpha value is -2.69. The van der Waals surface area contributed by atoms with Gasteiger partial charge in [0.05, 0.1) is 4.92 Å². The summed E-state index contributed by atoms with van der Waals surface area (Å²) >= 11 is 0. The zero-order valence-corrected chi connectivity index (χ0v) is 10.2. The number of pyridine rings is 1. The van der Waals surface area contributed by atoms with E-state index in [1.807, 2.05) is 6.92 Å². The molecule has 1 aromatic rings. The van der Waals surface area contributed by atoms with Crippen LogP contribution in [0.4, 0.5) is 11.5 Å². The first kappa shape index (κ1) is 14.4. The van der Waals surface area contributed by atoms with Crippen molar-refractivity contribution < 1.29 is 14.8 Å². The number of nitriles is 1. The van der Waals surface area contributed by atoms with Crippen molar-refractivity contribution in [1.29, 1.82) is 5.26 Å². The van der Waals surface area contributed by atoms with E-state index in [2.05, 4.69) is 10.3 Å². The van der Waals surface area contributed by atoms with Gasteiger partial charge in [0.25, 0.3) is 5.69 Å². The fraction of sp³-hybridized carbons (Fsp3) is 0.364. The molecule has 1 rings (SSSR count). The van der Waals surface area contributed by atoms with Crippen LogP contribution in [0.25, 0.3) is 0 Å². The van der Waals surface area contributed by atoms with Gasteiger partial charge in [-0.25, -0.2) is 9.78 Å². The molecule has 0 bridgehead atoms. The standard InChI is InChI=1S/C11H12N4O4/c1-2-3-9(11(16)17)14-10-7(5-12)4-8(6-13-10)15(18)19/h4,6,9H,2-3H2,1H3,(H,13,14)(H,16,17). The highest BCUT2D eigenvalue weighted by Crippen LogP contribution is 2.19. The zero-order chi connectivity index (χ0) is 14.4. The number of nitrogens with zero attached hydrogens (tertiary/aromatic N) is 3. The van der Waals surface area contributed by atoms with Gasteiger partial charge in [0.15, 0.2) is 0 Å². The normalized spacial score (nSPS) is 11.4. The number of carboxylic acids is 1. The summed E-state index contributed by atoms with van der Waals surface area (Å²) in [6, 6.07) is 1.93. The Morgan fingerprint density at radius 3 is 2.89 bits per heavy atom. The van der Waals surface area contributed by atoms with E-state index < -0.39 is 16.9 Å². The van der Waals surface area contributed by atoms with Gasteiger partial charge in [-0.3, -0.25) is 10.1 Å². The lowest BCUT2D eigenvalue weighted by molar-refractivity contribution is -0.385. The Balaban J connectivity index is 3.04. The Morgan fingerprint density at radius 2 is 2.42 bits per heavy atom. The molecule has 8 nitrogen and oxygen atoms in total. The highest BCUT2D eigenvalue weighted by Gasteiger charge is 2.19. The highest BCUT2D eigenvalue weighted by atomic mass is 16.6. The van der Waals surface area contributed by atoms with Gasteiger partial charge in [-0.2, -0.15) is 5.26 Å². The van der Waals surface area contributed by atoms with Crippen molar-refractivity contribution >= 4 is 17.5 Å². The highest BCUT2D eigenvalue weighted by molar-refractivity contribution is 5.77. The quantitative estimate of drug-likeness (QED) is 0.588. The van der Waals surface area contributed by atoms with Gasteiger partial charge in [0.1, 0.15) is 29.7 Å². The first-order valence-electron chi connectivity index (χ1n) is 5.53. The van der Waals surface area contributed by atoms with E-state index in [1.165, 1.54) is 0 Å². The largest absolute Gasteiger partial charge is 0.480 e. The van der Waals surface area contributed by atoms with E-state index >= 15 is 0 Å². The average molecular weight is 264 g/mol. The molecule has 0 radical (unpaired) electrons. The monoisotopic (exact) mass is 264 g/mol. The first-order chi connectivity index (χ1) is 8.99. The lowest BCUT2D eigenvalue weighted by atomic mass is 10.1. The van der Waals surface area contributed by atoms with Crippen molar-refractivity contribution in [1.82, 2.24) is 4.98 Å². The summed E-state index contributed by atoms with van der Waals surface area (Å²) in [5.74, 6) is -1.03. The summed E-state index contributed by atoms with van der Waals surface area (Å²) in [5, 5.41) is 31.1. The molecule has 0 aliphatic rings. The SMILES string of the molecule is CCCC(Nc1ncc([N+](=O)[O-])cc1C#N)C(=O)O. The lowest BCUT2D eigenvalue weighted by Crippen LogP contribution is -2.29. The van der Waals surface area contributed by atoms with Crippen LogP contribution >= 0.6 is 0 Å². The van der Waals surface area contributed by atoms with Crippen LogP contribution in [0.15, 0.2) is 12.3 Å². The molecule has 1 aromatic heterocycles. The van der Waals surface area contributed by atoms with Crippen molar-refractivity contribution in [2.75, 3.05) is 5.32 Å². The fourth-order valence-electron chi connectivity index (χ4n) is 1.46. The molecule has 19 heavy (non-hydrogen) atoms. The van der Waals surface area contributed by atoms with E-state index in [0.29, 0.717) is 12.8 Å². The minimum Gasteiger partial charge on any atom is -0.480 e. The number of carbonyl (C=O) groups is 1. The summed E-state index contributed by atoms with van der Waals surface area (Å²) in [6.45, 7) is 1.83. The molecule has 0 fully saturated rings. The van der Waals surface area contributed by atoms with Crippen LogP contribution in [-0.2, 0) is 4.79 Å². The smallest absolute Gasteiger partial charge is 0.326 e. The van der Waals surface area contributed by atoms with Crippen LogP contribution in [0.5, 0.6) is 0 Å². The van der Waals surface area contributed by atoms with Gasteiger partial charge >= 0.3 is 5.97 Å². The first-order valence-corrected chi connectivity index (χ1v) is 5.53. The molecule has 0 amide bonds. The van der Waals surface area contributed by atoms with E-state index in [9.17, 15) is 14.9 Å². The maximum atomic E-state index is 11.0. The summed E-state index contributed by atoms with van der Waals surface area (Å²) in [6.07, 6.45) is 1.98. The zero-order valence-electron chi connectivity index (χ0n) is 10.2. The maximum absolute atomic E-state index is 11.0. The number of nitro groups is 1. The van der Waals surface area contributed by atoms with E-state index in [1.54, 1.807) is 6.07 Å². The predicted octanol–water partition coefficient (Wildman–Crippen LogP) is 1.53. The number of hydrogen-bond donors (Lipinski definition) is 2. The third kappa shape index (κ3) is 3.64. The van der Waals surface area contributed by atoms with Crippen molar-refractivity contribution in [3.05, 3.63) is 27.9 Å². The third-order valence-electron chi connectivity index (χ3n) is 2.39. The second-order valence-corrected chi connectivity index (χ2v) is 3.78. The molecule has 0 aliphatic carbocycles. The number of aromatic nitrogens is 1. The van der Waals surface area contributed by atoms with E-state index in [4.69, 9.17) is 10.4 Å². The number of anilines is 1. The Kier molecular flexibility index (Phi) is 4.76. The topological polar surface area (TPSA) is 129 Å². The fourth-order valence-corrected chi connectivity index (χ4v) is 1.46. The summed E-state index contributed by atoms with van der Waals surface area (Å²) in [4.78, 5) is 24.6. The maximum Gasteiger partial charge on any atom is 0.326 e. The van der Waals surface area contributed by atoms with E-state index in [-0.39, 0.29) is 17.1 Å². The third-order valence-corrected chi connectivity index (χ3v) is 2.39. The van der Waals surface area contributed by atoms with Crippen LogP contribution in [0, 0.1) is 21.4 Å². The Labute approximate surface area is 108 Å². The molecule has 2 N–H and O–H groups in total. The number of carboxylic acid groups (broad SMARTS) is 1. The number of rotatable bonds is 6. The molecule has 100 valence electrons. The molecule has 0 aromatic carbocycles. The number of nitrogens with one attached hydrogen (secondary N) is 1. The molecule has 1 heterocycles. The van der Waals surface area contributed by atoms with Gasteiger partial charge in [0, 0.05) is 6.07 Å². The molecular formula is C11H12N4O4. The summed E-state index contributed by atoms with van der Waals surface area (Å²) < 4.78 is 0. The van der Waals surface area contributed by atoms with Crippen molar-refractivity contribution in [3.8, 4) is 6.07 Å². The van der Waals surface area contributed by atoms with Crippen molar-refractivity contribution in [3.63, 3.8) is 0 Å². The molecule has 8 heteroatoms. The number of hydrogen-bond acceptors (Lipinski definition) is 6. The second-order valence-electron chi connectivity index (χ2n) is 3.78. The Bertz CT molecular complexity index is 538. The minimum atomic E-state index is -1.06. The number of aliphatic carboxylic acids is 1. The molecular weight excluding hydrogens is 252 g/mol. The van der Waals surface area contributed by atoms with Crippen LogP contribution in [-0.4, -0.2) is 27.0 Å². The summed E-state index contributed by atoms with van der Waals surface area (Å²) in [5.41, 5.74) is -0.374. The van der Waals surface area contributed by atoms with E-state index in [0.717, 1.165) is 12.3 Å². The van der Waals surface area contributed by atoms with Gasteiger partial charge in [-0.15, -0.1) is 0 Å². The van der Waals surface area contributed by atoms with Gasteiger partial charge in [0.2, 0.25) is 0 Å². The molecule has 1 atom stereocenters. The molecule has 0 aliphatic heterocycles. The lowest BCUT2D eigenvalue weighted by Gasteiger charge is -2.14. The van der Waals surface area contributed by atoms with Crippen LogP contribution in [0.1, 0.15) is 25.3 Å². The predicted molar refractivity (Wildman–Crippen MR) is 65.6 cm³/mol. The van der Waals surface area contributed by atoms with Crippen molar-refractivity contribution in [2.45, 2.75) is 25.8 Å². The van der Waals surface area contributed by atoms with Gasteiger partial charge < -0.3 is 10.4 Å². The molecule has 0 saturated carbocycles. The molecule has 1 unspecified atom stereocenters. The molecule has 0 spiro atoms. The van der Waals surface area contributed by atoms with Crippen LogP contribution < -0.4 is 5.32 Å². The second kappa shape index (κ2) is 6.30. The van der Waals surface area contributed by atoms with Crippen molar-refractivity contribution in [2.24, 2.45) is 0 Å². The van der Waals surface area contributed by atoms with Gasteiger partial charge in [-0.05, 0) is 6.42 Å².